The maximum absolute atomic E-state index is 15.0. The summed E-state index contributed by atoms with van der Waals surface area (Å²) in [6.45, 7) is 5.25. The number of amides is 2. The number of nitrogens with one attached hydrogen (secondary N) is 1. The lowest BCUT2D eigenvalue weighted by Gasteiger charge is -2.28. The van der Waals surface area contributed by atoms with E-state index in [1.807, 2.05) is 0 Å². The lowest BCUT2D eigenvalue weighted by molar-refractivity contribution is 0.0635. The highest BCUT2D eigenvalue weighted by Gasteiger charge is 2.27. The van der Waals surface area contributed by atoms with Crippen molar-refractivity contribution >= 4 is 29.5 Å². The third-order valence-corrected chi connectivity index (χ3v) is 4.96. The highest BCUT2D eigenvalue weighted by molar-refractivity contribution is 6.29. The molecule has 4 rings (SSSR count). The number of hydrogen-bond donors (Lipinski definition) is 1. The summed E-state index contributed by atoms with van der Waals surface area (Å²) in [6, 6.07) is 12.6. The van der Waals surface area contributed by atoms with Crippen LogP contribution in [0.1, 0.15) is 31.9 Å². The summed E-state index contributed by atoms with van der Waals surface area (Å²) >= 11 is 5.72. The SMILES string of the molecule is CC(C)(C)OC(=O)Nc1cccc(CN2Cc3ccc(Oc4ccc(Cl)nn4)cc3OC2=O)c1F. The number of ether oxygens (including phenoxy) is 3. The molecule has 0 fully saturated rings. The quantitative estimate of drug-likeness (QED) is 0.463. The van der Waals surface area contributed by atoms with Crippen LogP contribution in [0.25, 0.3) is 0 Å². The van der Waals surface area contributed by atoms with Crippen molar-refractivity contribution in [1.29, 1.82) is 0 Å². The molecule has 0 unspecified atom stereocenters. The summed E-state index contributed by atoms with van der Waals surface area (Å²) in [7, 11) is 0. The number of hydrogen-bond acceptors (Lipinski definition) is 7. The van der Waals surface area contributed by atoms with E-state index in [2.05, 4.69) is 15.5 Å². The maximum atomic E-state index is 15.0. The van der Waals surface area contributed by atoms with Crippen molar-refractivity contribution in [3.63, 3.8) is 0 Å². The minimum Gasteiger partial charge on any atom is -0.444 e. The van der Waals surface area contributed by atoms with Crippen molar-refractivity contribution in [3.05, 3.63) is 70.6 Å². The molecule has 2 amide bonds. The molecule has 0 aliphatic carbocycles. The lowest BCUT2D eigenvalue weighted by Crippen LogP contribution is -2.36. The van der Waals surface area contributed by atoms with Gasteiger partial charge in [-0.25, -0.2) is 14.0 Å². The molecule has 1 aliphatic rings. The van der Waals surface area contributed by atoms with Gasteiger partial charge in [0.05, 0.1) is 18.8 Å². The molecule has 0 saturated heterocycles. The minimum atomic E-state index is -0.775. The fraction of sp³-hybridized carbons (Fsp3) is 0.250. The van der Waals surface area contributed by atoms with E-state index in [9.17, 15) is 9.59 Å². The molecule has 0 saturated carbocycles. The van der Waals surface area contributed by atoms with Crippen molar-refractivity contribution in [3.8, 4) is 17.4 Å². The number of halogens is 2. The summed E-state index contributed by atoms with van der Waals surface area (Å²) in [4.78, 5) is 26.0. The van der Waals surface area contributed by atoms with Crippen LogP contribution in [0, 0.1) is 5.82 Å². The second-order valence-electron chi connectivity index (χ2n) is 8.70. The first-order chi connectivity index (χ1) is 16.6. The molecule has 1 aliphatic heterocycles. The molecule has 3 aromatic rings. The van der Waals surface area contributed by atoms with Gasteiger partial charge in [-0.2, -0.15) is 0 Å². The zero-order valence-electron chi connectivity index (χ0n) is 19.2. The monoisotopic (exact) mass is 500 g/mol. The number of rotatable bonds is 5. The second kappa shape index (κ2) is 9.75. The normalized spacial score (nSPS) is 13.1. The highest BCUT2D eigenvalue weighted by atomic mass is 35.5. The summed E-state index contributed by atoms with van der Waals surface area (Å²) in [5, 5.41) is 10.2. The predicted octanol–water partition coefficient (Wildman–Crippen LogP) is 5.92. The van der Waals surface area contributed by atoms with Crippen molar-refractivity contribution in [2.75, 3.05) is 5.32 Å². The molecule has 1 aromatic heterocycles. The number of carbonyl (C=O) groups excluding carboxylic acids is 2. The Morgan fingerprint density at radius 1 is 1.20 bits per heavy atom. The van der Waals surface area contributed by atoms with Crippen LogP contribution in [0.3, 0.4) is 0 Å². The Bertz CT molecular complexity index is 1260. The molecule has 1 N–H and O–H groups in total. The Morgan fingerprint density at radius 2 is 2.00 bits per heavy atom. The number of fused-ring (bicyclic) bond motifs is 1. The van der Waals surface area contributed by atoms with Gasteiger partial charge in [-0.15, -0.1) is 10.2 Å². The van der Waals surface area contributed by atoms with Gasteiger partial charge in [0.1, 0.15) is 17.1 Å². The molecule has 0 bridgehead atoms. The topological polar surface area (TPSA) is 103 Å². The van der Waals surface area contributed by atoms with Crippen LogP contribution in [0.15, 0.2) is 48.5 Å². The molecule has 2 aromatic carbocycles. The summed E-state index contributed by atoms with van der Waals surface area (Å²) in [5.41, 5.74) is 0.147. The first kappa shape index (κ1) is 24.2. The largest absolute Gasteiger partial charge is 0.444 e. The highest BCUT2D eigenvalue weighted by Crippen LogP contribution is 2.33. The molecule has 0 atom stereocenters. The van der Waals surface area contributed by atoms with E-state index in [0.29, 0.717) is 17.1 Å². The number of carbonyl (C=O) groups is 2. The number of anilines is 1. The Balaban J connectivity index is 1.45. The molecule has 11 heteroatoms. The Kier molecular flexibility index (Phi) is 6.74. The van der Waals surface area contributed by atoms with E-state index in [0.717, 1.165) is 0 Å². The minimum absolute atomic E-state index is 0.0467. The predicted molar refractivity (Wildman–Crippen MR) is 125 cm³/mol. The fourth-order valence-electron chi connectivity index (χ4n) is 3.27. The Morgan fingerprint density at radius 3 is 2.71 bits per heavy atom. The van der Waals surface area contributed by atoms with Crippen LogP contribution in [0.4, 0.5) is 19.7 Å². The van der Waals surface area contributed by atoms with E-state index in [4.69, 9.17) is 25.8 Å². The maximum Gasteiger partial charge on any atom is 0.415 e. The van der Waals surface area contributed by atoms with E-state index in [1.165, 1.54) is 23.1 Å². The first-order valence-corrected chi connectivity index (χ1v) is 11.0. The van der Waals surface area contributed by atoms with Gasteiger partial charge in [-0.1, -0.05) is 23.7 Å². The molecule has 35 heavy (non-hydrogen) atoms. The third-order valence-electron chi connectivity index (χ3n) is 4.76. The van der Waals surface area contributed by atoms with Gasteiger partial charge in [0.15, 0.2) is 11.0 Å². The van der Waals surface area contributed by atoms with Gasteiger partial charge >= 0.3 is 12.2 Å². The number of benzene rings is 2. The summed E-state index contributed by atoms with van der Waals surface area (Å²) in [6.07, 6.45) is -1.42. The van der Waals surface area contributed by atoms with Crippen LogP contribution in [-0.4, -0.2) is 32.9 Å². The zero-order valence-corrected chi connectivity index (χ0v) is 19.9. The van der Waals surface area contributed by atoms with Crippen LogP contribution in [-0.2, 0) is 17.8 Å². The van der Waals surface area contributed by atoms with Crippen LogP contribution >= 0.6 is 11.6 Å². The lowest BCUT2D eigenvalue weighted by atomic mass is 10.1. The fourth-order valence-corrected chi connectivity index (χ4v) is 3.37. The average molecular weight is 501 g/mol. The van der Waals surface area contributed by atoms with Crippen LogP contribution in [0.2, 0.25) is 5.15 Å². The van der Waals surface area contributed by atoms with Crippen molar-refractivity contribution in [2.24, 2.45) is 0 Å². The molecule has 2 heterocycles. The van der Waals surface area contributed by atoms with Gasteiger partial charge < -0.3 is 14.2 Å². The van der Waals surface area contributed by atoms with Gasteiger partial charge in [0.2, 0.25) is 5.88 Å². The van der Waals surface area contributed by atoms with Crippen LogP contribution < -0.4 is 14.8 Å². The molecule has 0 spiro atoms. The van der Waals surface area contributed by atoms with Crippen molar-refractivity contribution in [1.82, 2.24) is 15.1 Å². The first-order valence-electron chi connectivity index (χ1n) is 10.6. The molecular weight excluding hydrogens is 479 g/mol. The van der Waals surface area contributed by atoms with Gasteiger partial charge in [-0.3, -0.25) is 10.2 Å². The molecule has 9 nitrogen and oxygen atoms in total. The molecule has 0 radical (unpaired) electrons. The van der Waals surface area contributed by atoms with Gasteiger partial charge in [0, 0.05) is 23.3 Å². The van der Waals surface area contributed by atoms with Gasteiger partial charge in [0.25, 0.3) is 0 Å². The van der Waals surface area contributed by atoms with Crippen LogP contribution in [0.5, 0.6) is 17.4 Å². The smallest absolute Gasteiger partial charge is 0.415 e. The van der Waals surface area contributed by atoms with Crippen molar-refractivity contribution < 1.29 is 28.2 Å². The van der Waals surface area contributed by atoms with E-state index in [1.54, 1.807) is 51.1 Å². The standard InChI is InChI=1S/C24H22ClFN4O5/c1-24(2,3)35-22(31)27-17-6-4-5-15(21(17)26)13-30-12-14-7-8-16(11-18(14)34-23(30)32)33-20-10-9-19(25)28-29-20/h4-11H,12-13H2,1-3H3,(H,27,31). The third kappa shape index (κ3) is 6.15. The average Bonchev–Trinajstić information content (AvgIpc) is 2.77. The zero-order chi connectivity index (χ0) is 25.2. The number of nitrogens with zero attached hydrogens (tertiary/aromatic N) is 3. The number of aromatic nitrogens is 2. The van der Waals surface area contributed by atoms with E-state index in [-0.39, 0.29) is 35.4 Å². The second-order valence-corrected chi connectivity index (χ2v) is 9.08. The Hall–Kier alpha value is -3.92. The van der Waals surface area contributed by atoms with E-state index < -0.39 is 23.6 Å². The van der Waals surface area contributed by atoms with Gasteiger partial charge in [-0.05, 0) is 45.0 Å². The summed E-state index contributed by atoms with van der Waals surface area (Å²) < 4.78 is 31.3. The van der Waals surface area contributed by atoms with Crippen molar-refractivity contribution in [2.45, 2.75) is 39.5 Å². The molecule has 182 valence electrons. The molecular formula is C24H22ClFN4O5. The summed E-state index contributed by atoms with van der Waals surface area (Å²) in [5.74, 6) is 0.290. The van der Waals surface area contributed by atoms with E-state index >= 15 is 4.39 Å². The Labute approximate surface area is 205 Å².